The molecule has 172 valence electrons. The Bertz CT molecular complexity index is 2010. The van der Waals surface area contributed by atoms with E-state index >= 15 is 0 Å². The smallest absolute Gasteiger partial charge is 0.0584 e. The van der Waals surface area contributed by atoms with Crippen molar-refractivity contribution in [2.45, 2.75) is 26.9 Å². The molecule has 0 aliphatic carbocycles. The lowest BCUT2D eigenvalue weighted by Gasteiger charge is -2.16. The zero-order valence-electron chi connectivity index (χ0n) is 20.5. The Hall–Kier alpha value is -4.30. The highest BCUT2D eigenvalue weighted by Gasteiger charge is 2.23. The number of benzene rings is 6. The van der Waals surface area contributed by atoms with Crippen LogP contribution in [0.3, 0.4) is 0 Å². The number of fused-ring (bicyclic) bond motifs is 15. The van der Waals surface area contributed by atoms with Crippen molar-refractivity contribution in [3.63, 3.8) is 0 Å². The van der Waals surface area contributed by atoms with Crippen LogP contribution in [0.25, 0.3) is 75.9 Å². The van der Waals surface area contributed by atoms with Gasteiger partial charge in [-0.3, -0.25) is 0 Å². The summed E-state index contributed by atoms with van der Waals surface area (Å²) in [6.07, 6.45) is 0. The van der Waals surface area contributed by atoms with Crippen molar-refractivity contribution in [1.82, 2.24) is 9.13 Å². The molecule has 0 aliphatic rings. The molecule has 0 amide bonds. The molecule has 2 heteroatoms. The topological polar surface area (TPSA) is 9.86 Å². The van der Waals surface area contributed by atoms with Crippen LogP contribution in [-0.4, -0.2) is 9.13 Å². The molecule has 2 nitrogen and oxygen atoms in total. The van der Waals surface area contributed by atoms with Gasteiger partial charge in [0.15, 0.2) is 0 Å². The van der Waals surface area contributed by atoms with E-state index in [0.717, 1.165) is 13.1 Å². The minimum atomic E-state index is 0.931. The minimum Gasteiger partial charge on any atom is -0.340 e. The van der Waals surface area contributed by atoms with E-state index in [4.69, 9.17) is 0 Å². The molecule has 0 bridgehead atoms. The van der Waals surface area contributed by atoms with E-state index < -0.39 is 0 Å². The predicted molar refractivity (Wildman–Crippen MR) is 156 cm³/mol. The molecular weight excluding hydrogens is 436 g/mol. The lowest BCUT2D eigenvalue weighted by molar-refractivity contribution is 0.828. The van der Waals surface area contributed by atoms with Crippen LogP contribution in [0.4, 0.5) is 0 Å². The summed E-state index contributed by atoms with van der Waals surface area (Å²) in [5.41, 5.74) is 5.34. The molecular formula is C34H26N2. The predicted octanol–water partition coefficient (Wildman–Crippen LogP) is 9.40. The van der Waals surface area contributed by atoms with Crippen LogP contribution in [-0.2, 0) is 13.1 Å². The van der Waals surface area contributed by atoms with Crippen LogP contribution in [0.2, 0.25) is 0 Å². The summed E-state index contributed by atoms with van der Waals surface area (Å²) in [5.74, 6) is 0. The van der Waals surface area contributed by atoms with Crippen molar-refractivity contribution >= 4 is 75.9 Å². The Labute approximate surface area is 209 Å². The van der Waals surface area contributed by atoms with Gasteiger partial charge in [-0.05, 0) is 47.5 Å². The Morgan fingerprint density at radius 1 is 0.389 bits per heavy atom. The van der Waals surface area contributed by atoms with Gasteiger partial charge in [-0.2, -0.15) is 0 Å². The van der Waals surface area contributed by atoms with E-state index in [1.54, 1.807) is 0 Å². The van der Waals surface area contributed by atoms with E-state index in [-0.39, 0.29) is 0 Å². The maximum atomic E-state index is 2.54. The highest BCUT2D eigenvalue weighted by Crippen LogP contribution is 2.48. The van der Waals surface area contributed by atoms with Crippen LogP contribution >= 0.6 is 0 Å². The van der Waals surface area contributed by atoms with Crippen molar-refractivity contribution in [1.29, 1.82) is 0 Å². The fourth-order valence-corrected chi connectivity index (χ4v) is 6.93. The second-order valence-corrected chi connectivity index (χ2v) is 9.81. The van der Waals surface area contributed by atoms with Crippen LogP contribution in [0.15, 0.2) is 97.1 Å². The summed E-state index contributed by atoms with van der Waals surface area (Å²) in [6.45, 7) is 6.41. The molecule has 0 N–H and O–H groups in total. The van der Waals surface area contributed by atoms with Crippen molar-refractivity contribution in [3.05, 3.63) is 97.1 Å². The zero-order valence-corrected chi connectivity index (χ0v) is 20.5. The van der Waals surface area contributed by atoms with Gasteiger partial charge in [-0.1, -0.05) is 84.9 Å². The highest BCUT2D eigenvalue weighted by atomic mass is 15.0. The number of hydrogen-bond donors (Lipinski definition) is 0. The third-order valence-corrected chi connectivity index (χ3v) is 8.23. The van der Waals surface area contributed by atoms with Gasteiger partial charge in [0.1, 0.15) is 0 Å². The lowest BCUT2D eigenvalue weighted by atomic mass is 9.90. The summed E-state index contributed by atoms with van der Waals surface area (Å²) < 4.78 is 5.08. The van der Waals surface area contributed by atoms with E-state index in [1.165, 1.54) is 75.9 Å². The van der Waals surface area contributed by atoms with Gasteiger partial charge in [0.2, 0.25) is 0 Å². The number of hydrogen-bond acceptors (Lipinski definition) is 0. The van der Waals surface area contributed by atoms with E-state index in [2.05, 4.69) is 120 Å². The Morgan fingerprint density at radius 2 is 0.694 bits per heavy atom. The first-order valence-corrected chi connectivity index (χ1v) is 13.0. The zero-order chi connectivity index (χ0) is 24.0. The normalized spacial score (nSPS) is 12.4. The average Bonchev–Trinajstić information content (AvgIpc) is 3.46. The van der Waals surface area contributed by atoms with Gasteiger partial charge in [-0.25, -0.2) is 0 Å². The fourth-order valence-electron chi connectivity index (χ4n) is 6.93. The highest BCUT2D eigenvalue weighted by molar-refractivity contribution is 6.43. The molecule has 2 aromatic heterocycles. The summed E-state index contributed by atoms with van der Waals surface area (Å²) in [4.78, 5) is 0. The molecule has 0 radical (unpaired) electrons. The third-order valence-electron chi connectivity index (χ3n) is 8.23. The molecule has 0 unspecified atom stereocenters. The van der Waals surface area contributed by atoms with Crippen molar-refractivity contribution in [2.75, 3.05) is 0 Å². The average molecular weight is 463 g/mol. The van der Waals surface area contributed by atoms with Crippen molar-refractivity contribution < 1.29 is 0 Å². The molecule has 2 heterocycles. The second kappa shape index (κ2) is 7.11. The molecule has 8 aromatic rings. The Morgan fingerprint density at radius 3 is 1.06 bits per heavy atom. The molecule has 6 aromatic carbocycles. The molecule has 0 atom stereocenters. The third kappa shape index (κ3) is 2.27. The fraction of sp³-hybridized carbons (Fsp3) is 0.118. The van der Waals surface area contributed by atoms with Crippen molar-refractivity contribution in [2.24, 2.45) is 0 Å². The largest absolute Gasteiger partial charge is 0.340 e. The molecule has 0 fully saturated rings. The summed E-state index contributed by atoms with van der Waals surface area (Å²) in [6, 6.07) is 36.0. The quantitative estimate of drug-likeness (QED) is 0.226. The molecule has 0 spiro atoms. The van der Waals surface area contributed by atoms with Crippen molar-refractivity contribution in [3.8, 4) is 0 Å². The first-order chi connectivity index (χ1) is 17.8. The van der Waals surface area contributed by atoms with Crippen LogP contribution in [0, 0.1) is 0 Å². The van der Waals surface area contributed by atoms with Crippen LogP contribution in [0.5, 0.6) is 0 Å². The first-order valence-electron chi connectivity index (χ1n) is 13.0. The summed E-state index contributed by atoms with van der Waals surface area (Å²) in [5, 5.41) is 13.5. The molecule has 8 rings (SSSR count). The van der Waals surface area contributed by atoms with E-state index in [9.17, 15) is 0 Å². The van der Waals surface area contributed by atoms with E-state index in [0.29, 0.717) is 0 Å². The summed E-state index contributed by atoms with van der Waals surface area (Å²) >= 11 is 0. The first kappa shape index (κ1) is 19.9. The van der Waals surface area contributed by atoms with Crippen LogP contribution < -0.4 is 0 Å². The van der Waals surface area contributed by atoms with E-state index in [1.807, 2.05) is 0 Å². The van der Waals surface area contributed by atoms with Gasteiger partial charge in [0, 0.05) is 56.4 Å². The Kier molecular flexibility index (Phi) is 3.94. The molecule has 36 heavy (non-hydrogen) atoms. The Balaban J connectivity index is 1.87. The molecule has 0 aliphatic heterocycles. The molecule has 0 saturated heterocycles. The molecule has 0 saturated carbocycles. The van der Waals surface area contributed by atoms with Crippen LogP contribution in [0.1, 0.15) is 13.8 Å². The number of aryl methyl sites for hydroxylation is 2. The van der Waals surface area contributed by atoms with Gasteiger partial charge in [0.25, 0.3) is 0 Å². The number of aromatic nitrogens is 2. The second-order valence-electron chi connectivity index (χ2n) is 9.81. The maximum absolute atomic E-state index is 2.54. The van der Waals surface area contributed by atoms with Gasteiger partial charge < -0.3 is 9.13 Å². The monoisotopic (exact) mass is 462 g/mol. The van der Waals surface area contributed by atoms with Gasteiger partial charge in [-0.15, -0.1) is 0 Å². The SMILES string of the molecule is CCn1c2ccccc2c2c3ccccc3c3c(c4ccccc4c4c5ccccc5n(CC)c43)c21. The van der Waals surface area contributed by atoms with Gasteiger partial charge in [0.05, 0.1) is 11.0 Å². The minimum absolute atomic E-state index is 0.931. The number of para-hydroxylation sites is 2. The standard InChI is InChI=1S/C34H26N2/c1-3-35-27-19-11-9-17-25(27)29-21-13-5-8-16-24(21)32-31(33(29)35)23-15-7-6-14-22(23)30-26-18-10-12-20-28(26)36(4-2)34(30)32/h5-20H,3-4H2,1-2H3. The number of rotatable bonds is 2. The lowest BCUT2D eigenvalue weighted by Crippen LogP contribution is -1.98. The maximum Gasteiger partial charge on any atom is 0.0584 e. The number of nitrogens with zero attached hydrogens (tertiary/aromatic N) is 2. The van der Waals surface area contributed by atoms with Gasteiger partial charge >= 0.3 is 0 Å². The summed E-state index contributed by atoms with van der Waals surface area (Å²) in [7, 11) is 0.